The van der Waals surface area contributed by atoms with Gasteiger partial charge in [0.2, 0.25) is 5.12 Å². The Labute approximate surface area is 143 Å². The molecule has 0 radical (unpaired) electrons. The zero-order chi connectivity index (χ0) is 16.6. The fourth-order valence-corrected chi connectivity index (χ4v) is 2.38. The van der Waals surface area contributed by atoms with Gasteiger partial charge in [0.15, 0.2) is 0 Å². The van der Waals surface area contributed by atoms with Crippen molar-refractivity contribution in [1.82, 2.24) is 19.8 Å². The lowest BCUT2D eigenvalue weighted by atomic mass is 10.1. The molecule has 118 valence electrons. The standard InChI is InChI=1S/C17H13N5OS/c23-17(13-7-11-18-12-8-13)24-22-21-16(14-5-1-3-9-19-14)15-6-2-4-10-20-15/h1-12,22H. The second-order valence-electron chi connectivity index (χ2n) is 4.61. The van der Waals surface area contributed by atoms with Crippen molar-refractivity contribution < 1.29 is 4.79 Å². The quantitative estimate of drug-likeness (QED) is 0.439. The van der Waals surface area contributed by atoms with Crippen LogP contribution in [0.3, 0.4) is 0 Å². The van der Waals surface area contributed by atoms with Crippen LogP contribution in [0.1, 0.15) is 21.7 Å². The monoisotopic (exact) mass is 335 g/mol. The van der Waals surface area contributed by atoms with Crippen molar-refractivity contribution in [2.24, 2.45) is 5.10 Å². The summed E-state index contributed by atoms with van der Waals surface area (Å²) < 4.78 is 0. The number of hydrogen-bond donors (Lipinski definition) is 1. The lowest BCUT2D eigenvalue weighted by Gasteiger charge is -2.06. The highest BCUT2D eigenvalue weighted by Crippen LogP contribution is 2.10. The zero-order valence-electron chi connectivity index (χ0n) is 12.5. The number of nitrogens with zero attached hydrogens (tertiary/aromatic N) is 4. The first-order valence-corrected chi connectivity index (χ1v) is 7.93. The number of hydrazone groups is 1. The fourth-order valence-electron chi connectivity index (χ4n) is 1.91. The van der Waals surface area contributed by atoms with Crippen LogP contribution >= 0.6 is 11.9 Å². The topological polar surface area (TPSA) is 80.1 Å². The third kappa shape index (κ3) is 4.02. The van der Waals surface area contributed by atoms with E-state index in [0.717, 1.165) is 11.9 Å². The van der Waals surface area contributed by atoms with Gasteiger partial charge in [-0.25, -0.2) is 4.83 Å². The molecule has 0 aromatic carbocycles. The lowest BCUT2D eigenvalue weighted by molar-refractivity contribution is 0.108. The van der Waals surface area contributed by atoms with Crippen molar-refractivity contribution >= 4 is 22.8 Å². The van der Waals surface area contributed by atoms with Gasteiger partial charge in [0.05, 0.1) is 11.4 Å². The smallest absolute Gasteiger partial charge is 0.241 e. The van der Waals surface area contributed by atoms with Crippen LogP contribution in [0.2, 0.25) is 0 Å². The van der Waals surface area contributed by atoms with Gasteiger partial charge >= 0.3 is 0 Å². The van der Waals surface area contributed by atoms with Crippen molar-refractivity contribution in [3.05, 3.63) is 90.3 Å². The molecule has 0 aliphatic heterocycles. The van der Waals surface area contributed by atoms with Crippen LogP contribution in [0.15, 0.2) is 78.4 Å². The van der Waals surface area contributed by atoms with Crippen molar-refractivity contribution in [1.29, 1.82) is 0 Å². The number of aromatic nitrogens is 3. The van der Waals surface area contributed by atoms with Crippen LogP contribution in [-0.2, 0) is 0 Å². The van der Waals surface area contributed by atoms with Gasteiger partial charge in [-0.2, -0.15) is 5.10 Å². The third-order valence-electron chi connectivity index (χ3n) is 3.03. The van der Waals surface area contributed by atoms with Crippen molar-refractivity contribution in [3.63, 3.8) is 0 Å². The van der Waals surface area contributed by atoms with E-state index in [9.17, 15) is 4.79 Å². The molecule has 6 nitrogen and oxygen atoms in total. The van der Waals surface area contributed by atoms with Gasteiger partial charge in [0.1, 0.15) is 5.71 Å². The van der Waals surface area contributed by atoms with E-state index in [-0.39, 0.29) is 5.12 Å². The molecular formula is C17H13N5OS. The molecule has 1 N–H and O–H groups in total. The summed E-state index contributed by atoms with van der Waals surface area (Å²) in [7, 11) is 0. The molecule has 7 heteroatoms. The zero-order valence-corrected chi connectivity index (χ0v) is 13.4. The molecular weight excluding hydrogens is 322 g/mol. The molecule has 0 fully saturated rings. The van der Waals surface area contributed by atoms with Gasteiger partial charge in [-0.3, -0.25) is 19.7 Å². The third-order valence-corrected chi connectivity index (χ3v) is 3.63. The second-order valence-corrected chi connectivity index (χ2v) is 5.36. The average molecular weight is 335 g/mol. The first-order valence-electron chi connectivity index (χ1n) is 7.11. The summed E-state index contributed by atoms with van der Waals surface area (Å²) >= 11 is 0.887. The molecule has 0 amide bonds. The van der Waals surface area contributed by atoms with Crippen LogP contribution in [0.4, 0.5) is 0 Å². The highest BCUT2D eigenvalue weighted by molar-refractivity contribution is 8.12. The van der Waals surface area contributed by atoms with Gasteiger partial charge in [0, 0.05) is 42.3 Å². The van der Waals surface area contributed by atoms with Gasteiger partial charge in [0.25, 0.3) is 0 Å². The first-order chi connectivity index (χ1) is 11.8. The first kappa shape index (κ1) is 15.8. The second kappa shape index (κ2) is 7.98. The van der Waals surface area contributed by atoms with Crippen LogP contribution in [-0.4, -0.2) is 25.8 Å². The molecule has 3 rings (SSSR count). The maximum Gasteiger partial charge on any atom is 0.241 e. The number of hydrogen-bond acceptors (Lipinski definition) is 7. The van der Waals surface area contributed by atoms with Crippen molar-refractivity contribution in [2.75, 3.05) is 0 Å². The Morgan fingerprint density at radius 1 is 0.875 bits per heavy atom. The summed E-state index contributed by atoms with van der Waals surface area (Å²) in [6.45, 7) is 0. The highest BCUT2D eigenvalue weighted by atomic mass is 32.2. The van der Waals surface area contributed by atoms with E-state index < -0.39 is 0 Å². The summed E-state index contributed by atoms with van der Waals surface area (Å²) in [5, 5.41) is 4.15. The van der Waals surface area contributed by atoms with Gasteiger partial charge in [-0.1, -0.05) is 12.1 Å². The molecule has 3 aromatic rings. The van der Waals surface area contributed by atoms with E-state index in [4.69, 9.17) is 0 Å². The molecule has 0 atom stereocenters. The molecule has 0 bridgehead atoms. The molecule has 0 unspecified atom stereocenters. The Morgan fingerprint density at radius 2 is 1.50 bits per heavy atom. The van der Waals surface area contributed by atoms with E-state index in [0.29, 0.717) is 22.7 Å². The summed E-state index contributed by atoms with van der Waals surface area (Å²) in [5.74, 6) is 0. The van der Waals surface area contributed by atoms with E-state index in [1.807, 2.05) is 36.4 Å². The molecule has 0 saturated carbocycles. The summed E-state index contributed by atoms with van der Waals surface area (Å²) in [6, 6.07) is 14.4. The molecule has 0 spiro atoms. The van der Waals surface area contributed by atoms with Crippen molar-refractivity contribution in [3.8, 4) is 0 Å². The molecule has 0 aliphatic rings. The number of rotatable bonds is 5. The largest absolute Gasteiger partial charge is 0.280 e. The minimum atomic E-state index is -0.150. The van der Waals surface area contributed by atoms with E-state index in [1.54, 1.807) is 36.9 Å². The molecule has 0 aliphatic carbocycles. The number of carbonyl (C=O) groups excluding carboxylic acids is 1. The Kier molecular flexibility index (Phi) is 5.26. The maximum atomic E-state index is 12.1. The van der Waals surface area contributed by atoms with Gasteiger partial charge < -0.3 is 0 Å². The van der Waals surface area contributed by atoms with Crippen LogP contribution in [0, 0.1) is 0 Å². The molecule has 0 saturated heterocycles. The SMILES string of the molecule is O=C(SNN=C(c1ccccn1)c1ccccn1)c1ccncc1. The highest BCUT2D eigenvalue weighted by Gasteiger charge is 2.10. The summed E-state index contributed by atoms with van der Waals surface area (Å²) in [5.41, 5.74) is 2.45. The van der Waals surface area contributed by atoms with E-state index in [1.165, 1.54) is 0 Å². The van der Waals surface area contributed by atoms with Crippen LogP contribution in [0.5, 0.6) is 0 Å². The predicted octanol–water partition coefficient (Wildman–Crippen LogP) is 2.70. The maximum absolute atomic E-state index is 12.1. The fraction of sp³-hybridized carbons (Fsp3) is 0. The normalized spacial score (nSPS) is 10.0. The number of carbonyl (C=O) groups is 1. The van der Waals surface area contributed by atoms with E-state index in [2.05, 4.69) is 24.9 Å². The van der Waals surface area contributed by atoms with E-state index >= 15 is 0 Å². The number of pyridine rings is 3. The minimum absolute atomic E-state index is 0.150. The lowest BCUT2D eigenvalue weighted by Crippen LogP contribution is -2.12. The minimum Gasteiger partial charge on any atom is -0.280 e. The number of nitrogens with one attached hydrogen (secondary N) is 1. The Hall–Kier alpha value is -3.06. The Balaban J connectivity index is 1.79. The van der Waals surface area contributed by atoms with Crippen LogP contribution in [0.25, 0.3) is 0 Å². The molecule has 3 aromatic heterocycles. The molecule has 24 heavy (non-hydrogen) atoms. The van der Waals surface area contributed by atoms with Gasteiger partial charge in [-0.15, -0.1) is 0 Å². The van der Waals surface area contributed by atoms with Crippen molar-refractivity contribution in [2.45, 2.75) is 0 Å². The summed E-state index contributed by atoms with van der Waals surface area (Å²) in [6.07, 6.45) is 6.51. The average Bonchev–Trinajstić information content (AvgIpc) is 2.67. The predicted molar refractivity (Wildman–Crippen MR) is 93.4 cm³/mol. The summed E-state index contributed by atoms with van der Waals surface area (Å²) in [4.78, 5) is 27.3. The van der Waals surface area contributed by atoms with Gasteiger partial charge in [-0.05, 0) is 36.4 Å². The molecule has 3 heterocycles. The Morgan fingerprint density at radius 3 is 2.04 bits per heavy atom. The van der Waals surface area contributed by atoms with Crippen LogP contribution < -0.4 is 4.83 Å². The Bertz CT molecular complexity index is 784.